The molecule has 1 aromatic heterocycles. The average Bonchev–Trinajstić information content (AvgIpc) is 2.70. The third kappa shape index (κ3) is 8.38. The van der Waals surface area contributed by atoms with Crippen LogP contribution in [-0.4, -0.2) is 43.3 Å². The van der Waals surface area contributed by atoms with Crippen LogP contribution in [-0.2, 0) is 17.7 Å². The maximum absolute atomic E-state index is 11.8. The number of hydrogen-bond donors (Lipinski definition) is 3. The number of anilines is 1. The summed E-state index contributed by atoms with van der Waals surface area (Å²) < 4.78 is 10.4. The molecule has 0 unspecified atom stereocenters. The zero-order chi connectivity index (χ0) is 22.0. The molecule has 0 saturated carbocycles. The summed E-state index contributed by atoms with van der Waals surface area (Å²) in [5.41, 5.74) is 2.38. The molecule has 0 saturated heterocycles. The van der Waals surface area contributed by atoms with Gasteiger partial charge in [-0.2, -0.15) is 0 Å². The number of guanidine groups is 1. The molecule has 0 radical (unpaired) electrons. The second-order valence-corrected chi connectivity index (χ2v) is 7.63. The minimum atomic E-state index is -0.522. The van der Waals surface area contributed by atoms with Crippen LogP contribution in [0.1, 0.15) is 31.9 Å². The van der Waals surface area contributed by atoms with Crippen molar-refractivity contribution in [3.05, 3.63) is 53.7 Å². The first-order chi connectivity index (χ1) is 14.3. The van der Waals surface area contributed by atoms with Crippen molar-refractivity contribution in [2.75, 3.05) is 26.0 Å². The summed E-state index contributed by atoms with van der Waals surface area (Å²) in [7, 11) is 3.33. The first-order valence-electron chi connectivity index (χ1n) is 9.81. The maximum atomic E-state index is 11.8. The van der Waals surface area contributed by atoms with Crippen molar-refractivity contribution in [1.29, 1.82) is 0 Å². The Bertz CT molecular complexity index is 845. The normalized spacial score (nSPS) is 11.6. The van der Waals surface area contributed by atoms with E-state index in [1.54, 1.807) is 20.4 Å². The Labute approximate surface area is 178 Å². The van der Waals surface area contributed by atoms with Gasteiger partial charge in [-0.15, -0.1) is 0 Å². The molecule has 0 spiro atoms. The number of benzene rings is 1. The van der Waals surface area contributed by atoms with Crippen LogP contribution in [0.25, 0.3) is 0 Å². The molecule has 1 heterocycles. The lowest BCUT2D eigenvalue weighted by atomic mass is 10.1. The first kappa shape index (κ1) is 23.0. The summed E-state index contributed by atoms with van der Waals surface area (Å²) >= 11 is 0. The lowest BCUT2D eigenvalue weighted by Crippen LogP contribution is -2.37. The van der Waals surface area contributed by atoms with Gasteiger partial charge in [-0.1, -0.05) is 12.1 Å². The van der Waals surface area contributed by atoms with E-state index in [0.29, 0.717) is 24.1 Å². The molecule has 2 aromatic rings. The molecule has 0 aliphatic rings. The zero-order valence-corrected chi connectivity index (χ0v) is 18.3. The number of carbonyl (C=O) groups excluding carboxylic acids is 1. The molecule has 8 nitrogen and oxygen atoms in total. The van der Waals surface area contributed by atoms with Crippen LogP contribution in [0, 0.1) is 0 Å². The van der Waals surface area contributed by atoms with E-state index >= 15 is 0 Å². The van der Waals surface area contributed by atoms with E-state index in [4.69, 9.17) is 9.47 Å². The molecule has 1 aromatic carbocycles. The number of pyridine rings is 1. The lowest BCUT2D eigenvalue weighted by molar-refractivity contribution is 0.0636. The molecule has 8 heteroatoms. The van der Waals surface area contributed by atoms with Gasteiger partial charge in [0, 0.05) is 38.1 Å². The molecule has 3 N–H and O–H groups in total. The van der Waals surface area contributed by atoms with Crippen molar-refractivity contribution < 1.29 is 14.3 Å². The second kappa shape index (κ2) is 11.0. The topological polar surface area (TPSA) is 96.9 Å². The van der Waals surface area contributed by atoms with E-state index in [1.165, 1.54) is 0 Å². The van der Waals surface area contributed by atoms with E-state index < -0.39 is 11.7 Å². The van der Waals surface area contributed by atoms with Gasteiger partial charge in [0.2, 0.25) is 5.88 Å². The highest BCUT2D eigenvalue weighted by Gasteiger charge is 2.16. The Morgan fingerprint density at radius 1 is 1.10 bits per heavy atom. The third-order valence-corrected chi connectivity index (χ3v) is 4.00. The molecule has 1 amide bonds. The number of aliphatic imine (C=N–C) groups is 1. The number of amides is 1. The fourth-order valence-corrected chi connectivity index (χ4v) is 2.58. The fourth-order valence-electron chi connectivity index (χ4n) is 2.58. The molecular weight excluding hydrogens is 382 g/mol. The minimum Gasteiger partial charge on any atom is -0.481 e. The van der Waals surface area contributed by atoms with E-state index in [9.17, 15) is 4.79 Å². The van der Waals surface area contributed by atoms with Crippen molar-refractivity contribution in [2.24, 2.45) is 4.99 Å². The van der Waals surface area contributed by atoms with Gasteiger partial charge >= 0.3 is 6.09 Å². The van der Waals surface area contributed by atoms with Crippen molar-refractivity contribution >= 4 is 17.7 Å². The van der Waals surface area contributed by atoms with E-state index in [1.807, 2.05) is 57.2 Å². The third-order valence-electron chi connectivity index (χ3n) is 4.00. The van der Waals surface area contributed by atoms with Crippen LogP contribution in [0.2, 0.25) is 0 Å². The van der Waals surface area contributed by atoms with Gasteiger partial charge in [0.25, 0.3) is 0 Å². The van der Waals surface area contributed by atoms with Crippen molar-refractivity contribution in [3.8, 4) is 5.88 Å². The summed E-state index contributed by atoms with van der Waals surface area (Å²) in [6, 6.07) is 11.5. The Morgan fingerprint density at radius 3 is 2.47 bits per heavy atom. The lowest BCUT2D eigenvalue weighted by Gasteiger charge is -2.19. The highest BCUT2D eigenvalue weighted by molar-refractivity contribution is 5.84. The zero-order valence-electron chi connectivity index (χ0n) is 18.3. The Balaban J connectivity index is 1.76. The second-order valence-electron chi connectivity index (χ2n) is 7.63. The van der Waals surface area contributed by atoms with E-state index in [2.05, 4.69) is 25.9 Å². The van der Waals surface area contributed by atoms with Gasteiger partial charge < -0.3 is 20.1 Å². The number of nitrogens with zero attached hydrogens (tertiary/aromatic N) is 2. The Hall–Kier alpha value is -3.29. The van der Waals surface area contributed by atoms with Gasteiger partial charge in [-0.3, -0.25) is 10.3 Å². The molecular formula is C22H31N5O3. The Kier molecular flexibility index (Phi) is 8.46. The molecule has 0 aliphatic carbocycles. The summed E-state index contributed by atoms with van der Waals surface area (Å²) in [6.07, 6.45) is 2.07. The fraction of sp³-hybridized carbons (Fsp3) is 0.409. The van der Waals surface area contributed by atoms with Gasteiger partial charge in [0.15, 0.2) is 5.96 Å². The SMILES string of the molecule is CN=C(NCCc1ccc(NC(=O)OC(C)(C)C)cc1)NCc1ccnc(OC)c1. The largest absolute Gasteiger partial charge is 0.481 e. The van der Waals surface area contributed by atoms with Crippen LogP contribution >= 0.6 is 0 Å². The number of ether oxygens (including phenoxy) is 2. The number of rotatable bonds is 7. The first-order valence-corrected chi connectivity index (χ1v) is 9.81. The highest BCUT2D eigenvalue weighted by atomic mass is 16.6. The van der Waals surface area contributed by atoms with Gasteiger partial charge in [0.1, 0.15) is 5.60 Å². The van der Waals surface area contributed by atoms with Crippen LogP contribution in [0.4, 0.5) is 10.5 Å². The predicted octanol–water partition coefficient (Wildman–Crippen LogP) is 3.34. The van der Waals surface area contributed by atoms with Gasteiger partial charge in [-0.05, 0) is 56.5 Å². The van der Waals surface area contributed by atoms with Crippen LogP contribution in [0.5, 0.6) is 5.88 Å². The molecule has 162 valence electrons. The van der Waals surface area contributed by atoms with Crippen LogP contribution in [0.3, 0.4) is 0 Å². The minimum absolute atomic E-state index is 0.460. The summed E-state index contributed by atoms with van der Waals surface area (Å²) in [6.45, 7) is 6.83. The highest BCUT2D eigenvalue weighted by Crippen LogP contribution is 2.13. The number of carbonyl (C=O) groups is 1. The van der Waals surface area contributed by atoms with Gasteiger partial charge in [0.05, 0.1) is 7.11 Å². The molecule has 2 rings (SSSR count). The van der Waals surface area contributed by atoms with Crippen molar-refractivity contribution in [3.63, 3.8) is 0 Å². The molecule has 0 aliphatic heterocycles. The van der Waals surface area contributed by atoms with E-state index in [-0.39, 0.29) is 0 Å². The Morgan fingerprint density at radius 2 is 1.83 bits per heavy atom. The van der Waals surface area contributed by atoms with Crippen molar-refractivity contribution in [2.45, 2.75) is 39.3 Å². The number of aromatic nitrogens is 1. The monoisotopic (exact) mass is 413 g/mol. The smallest absolute Gasteiger partial charge is 0.412 e. The maximum Gasteiger partial charge on any atom is 0.412 e. The summed E-state index contributed by atoms with van der Waals surface area (Å²) in [5.74, 6) is 1.30. The van der Waals surface area contributed by atoms with Crippen LogP contribution in [0.15, 0.2) is 47.6 Å². The number of nitrogens with one attached hydrogen (secondary N) is 3. The molecule has 0 atom stereocenters. The number of methoxy groups -OCH3 is 1. The standard InChI is InChI=1S/C22H31N5O3/c1-22(2,3)30-21(28)27-18-8-6-16(7-9-18)10-13-25-20(23-4)26-15-17-11-12-24-19(14-17)29-5/h6-9,11-12,14H,10,13,15H2,1-5H3,(H,27,28)(H2,23,25,26). The molecule has 0 fully saturated rings. The van der Waals surface area contributed by atoms with Crippen molar-refractivity contribution in [1.82, 2.24) is 15.6 Å². The quantitative estimate of drug-likeness (QED) is 0.476. The summed E-state index contributed by atoms with van der Waals surface area (Å²) in [4.78, 5) is 20.2. The average molecular weight is 414 g/mol. The predicted molar refractivity (Wildman–Crippen MR) is 119 cm³/mol. The molecule has 30 heavy (non-hydrogen) atoms. The van der Waals surface area contributed by atoms with Crippen LogP contribution < -0.4 is 20.7 Å². The van der Waals surface area contributed by atoms with E-state index in [0.717, 1.165) is 24.1 Å². The molecule has 0 bridgehead atoms. The van der Waals surface area contributed by atoms with Gasteiger partial charge in [-0.25, -0.2) is 9.78 Å². The summed E-state index contributed by atoms with van der Waals surface area (Å²) in [5, 5.41) is 9.29. The number of hydrogen-bond acceptors (Lipinski definition) is 5.